The number of hydrogen-bond acceptors (Lipinski definition) is 5. The van der Waals surface area contributed by atoms with Crippen molar-refractivity contribution in [3.05, 3.63) is 30.2 Å². The van der Waals surface area contributed by atoms with Gasteiger partial charge in [0.25, 0.3) is 0 Å². The lowest BCUT2D eigenvalue weighted by Gasteiger charge is -2.23. The molecule has 3 rings (SSSR count). The third kappa shape index (κ3) is 2.42. The molecule has 0 amide bonds. The Bertz CT molecular complexity index is 625. The minimum Gasteiger partial charge on any atom is -0.493 e. The minimum absolute atomic E-state index is 0.0768. The van der Waals surface area contributed by atoms with Crippen LogP contribution in [0.2, 0.25) is 0 Å². The Labute approximate surface area is 124 Å². The summed E-state index contributed by atoms with van der Waals surface area (Å²) in [4.78, 5) is 4.59. The van der Waals surface area contributed by atoms with Crippen molar-refractivity contribution in [1.82, 2.24) is 10.1 Å². The van der Waals surface area contributed by atoms with E-state index in [0.717, 1.165) is 30.6 Å². The van der Waals surface area contributed by atoms with Crippen molar-refractivity contribution in [2.75, 3.05) is 6.61 Å². The lowest BCUT2D eigenvalue weighted by atomic mass is 9.85. The van der Waals surface area contributed by atoms with E-state index in [9.17, 15) is 0 Å². The first-order valence-corrected chi connectivity index (χ1v) is 7.47. The molecule has 21 heavy (non-hydrogen) atoms. The molecule has 112 valence electrons. The lowest BCUT2D eigenvalue weighted by Crippen LogP contribution is -2.38. The summed E-state index contributed by atoms with van der Waals surface area (Å²) in [5.74, 6) is 1.97. The molecule has 5 nitrogen and oxygen atoms in total. The number of nitrogens with two attached hydrogens (primary N) is 1. The topological polar surface area (TPSA) is 74.2 Å². The van der Waals surface area contributed by atoms with Crippen molar-refractivity contribution < 1.29 is 9.26 Å². The van der Waals surface area contributed by atoms with Gasteiger partial charge in [0, 0.05) is 6.04 Å². The molecule has 1 fully saturated rings. The first-order valence-electron chi connectivity index (χ1n) is 7.47. The number of rotatable bonds is 4. The van der Waals surface area contributed by atoms with Crippen LogP contribution in [0.4, 0.5) is 0 Å². The normalized spacial score (nSPS) is 25.2. The summed E-state index contributed by atoms with van der Waals surface area (Å²) in [7, 11) is 0. The number of hydrogen-bond donors (Lipinski definition) is 1. The summed E-state index contributed by atoms with van der Waals surface area (Å²) in [5, 5.41) is 4.13. The number of aromatic nitrogens is 2. The van der Waals surface area contributed by atoms with Crippen LogP contribution in [0.5, 0.6) is 5.75 Å². The Morgan fingerprint density at radius 1 is 1.43 bits per heavy atom. The Morgan fingerprint density at radius 2 is 2.24 bits per heavy atom. The average Bonchev–Trinajstić information content (AvgIpc) is 3.09. The zero-order chi connectivity index (χ0) is 14.9. The van der Waals surface area contributed by atoms with Crippen LogP contribution >= 0.6 is 0 Å². The van der Waals surface area contributed by atoms with Crippen LogP contribution in [0.15, 0.2) is 28.8 Å². The van der Waals surface area contributed by atoms with E-state index in [2.05, 4.69) is 17.1 Å². The molecule has 1 aromatic carbocycles. The van der Waals surface area contributed by atoms with Crippen LogP contribution in [0.25, 0.3) is 11.4 Å². The second-order valence-electron chi connectivity index (χ2n) is 5.77. The Kier molecular flexibility index (Phi) is 3.68. The maximum Gasteiger partial charge on any atom is 0.234 e. The largest absolute Gasteiger partial charge is 0.493 e. The van der Waals surface area contributed by atoms with Crippen LogP contribution in [-0.4, -0.2) is 22.8 Å². The van der Waals surface area contributed by atoms with E-state index in [1.54, 1.807) is 0 Å². The van der Waals surface area contributed by atoms with Gasteiger partial charge in [-0.1, -0.05) is 23.7 Å². The number of ether oxygens (including phenoxy) is 1. The molecule has 5 heteroatoms. The number of benzene rings is 1. The van der Waals surface area contributed by atoms with Crippen LogP contribution < -0.4 is 10.5 Å². The Hall–Kier alpha value is -1.88. The van der Waals surface area contributed by atoms with Crippen LogP contribution in [0.1, 0.15) is 39.0 Å². The fraction of sp³-hybridized carbons (Fsp3) is 0.500. The second-order valence-corrected chi connectivity index (χ2v) is 5.77. The molecule has 1 aliphatic rings. The molecule has 1 aromatic heterocycles. The van der Waals surface area contributed by atoms with Gasteiger partial charge in [-0.25, -0.2) is 0 Å². The van der Waals surface area contributed by atoms with Crippen LogP contribution in [0, 0.1) is 0 Å². The summed E-state index contributed by atoms with van der Waals surface area (Å²) in [5.41, 5.74) is 6.85. The predicted molar refractivity (Wildman–Crippen MR) is 80.1 cm³/mol. The van der Waals surface area contributed by atoms with Crippen molar-refractivity contribution in [2.45, 2.75) is 44.6 Å². The first-order chi connectivity index (χ1) is 10.1. The van der Waals surface area contributed by atoms with Crippen molar-refractivity contribution in [1.29, 1.82) is 0 Å². The van der Waals surface area contributed by atoms with Crippen molar-refractivity contribution in [2.24, 2.45) is 5.73 Å². The fourth-order valence-electron chi connectivity index (χ4n) is 2.96. The fourth-order valence-corrected chi connectivity index (χ4v) is 2.96. The molecule has 0 aliphatic heterocycles. The molecule has 0 bridgehead atoms. The van der Waals surface area contributed by atoms with E-state index in [4.69, 9.17) is 15.0 Å². The molecule has 1 aliphatic carbocycles. The van der Waals surface area contributed by atoms with Gasteiger partial charge in [0.15, 0.2) is 0 Å². The van der Waals surface area contributed by atoms with E-state index in [1.165, 1.54) is 0 Å². The summed E-state index contributed by atoms with van der Waals surface area (Å²) in [6, 6.07) is 7.81. The van der Waals surface area contributed by atoms with E-state index in [-0.39, 0.29) is 11.5 Å². The zero-order valence-electron chi connectivity index (χ0n) is 12.5. The molecule has 2 N–H and O–H groups in total. The van der Waals surface area contributed by atoms with Gasteiger partial charge in [0.05, 0.1) is 17.6 Å². The lowest BCUT2D eigenvalue weighted by molar-refractivity contribution is 0.278. The Morgan fingerprint density at radius 3 is 2.95 bits per heavy atom. The van der Waals surface area contributed by atoms with Crippen molar-refractivity contribution >= 4 is 0 Å². The van der Waals surface area contributed by atoms with Crippen molar-refractivity contribution in [3.63, 3.8) is 0 Å². The predicted octanol–water partition coefficient (Wildman–Crippen LogP) is 2.90. The van der Waals surface area contributed by atoms with E-state index < -0.39 is 0 Å². The smallest absolute Gasteiger partial charge is 0.234 e. The summed E-state index contributed by atoms with van der Waals surface area (Å²) in [6.45, 7) is 4.66. The van der Waals surface area contributed by atoms with E-state index >= 15 is 0 Å². The van der Waals surface area contributed by atoms with E-state index in [1.807, 2.05) is 31.2 Å². The highest BCUT2D eigenvalue weighted by Gasteiger charge is 2.42. The molecule has 0 radical (unpaired) electrons. The SMILES string of the molecule is CCOc1ccccc1-c1noc(C2(C)CCCC2N)n1. The van der Waals surface area contributed by atoms with Crippen LogP contribution in [0.3, 0.4) is 0 Å². The highest BCUT2D eigenvalue weighted by Crippen LogP contribution is 2.40. The molecular weight excluding hydrogens is 266 g/mol. The first kappa shape index (κ1) is 14.1. The van der Waals surface area contributed by atoms with Gasteiger partial charge in [-0.05, 0) is 38.8 Å². The van der Waals surface area contributed by atoms with E-state index in [0.29, 0.717) is 18.3 Å². The molecule has 0 saturated heterocycles. The molecular formula is C16H21N3O2. The molecule has 2 aromatic rings. The third-order valence-corrected chi connectivity index (χ3v) is 4.37. The average molecular weight is 287 g/mol. The van der Waals surface area contributed by atoms with Gasteiger partial charge in [-0.2, -0.15) is 4.98 Å². The van der Waals surface area contributed by atoms with Gasteiger partial charge in [0.2, 0.25) is 11.7 Å². The second kappa shape index (κ2) is 5.48. The Balaban J connectivity index is 1.96. The summed E-state index contributed by atoms with van der Waals surface area (Å²) in [6.07, 6.45) is 3.09. The van der Waals surface area contributed by atoms with Gasteiger partial charge < -0.3 is 15.0 Å². The van der Waals surface area contributed by atoms with Crippen LogP contribution in [-0.2, 0) is 5.41 Å². The molecule has 1 heterocycles. The molecule has 2 unspecified atom stereocenters. The maximum atomic E-state index is 6.22. The van der Waals surface area contributed by atoms with Gasteiger partial charge in [-0.15, -0.1) is 0 Å². The highest BCUT2D eigenvalue weighted by molar-refractivity contribution is 5.63. The number of nitrogens with zero attached hydrogens (tertiary/aromatic N) is 2. The van der Waals surface area contributed by atoms with Gasteiger partial charge >= 0.3 is 0 Å². The maximum absolute atomic E-state index is 6.22. The van der Waals surface area contributed by atoms with Gasteiger partial charge in [-0.3, -0.25) is 0 Å². The summed E-state index contributed by atoms with van der Waals surface area (Å²) < 4.78 is 11.1. The highest BCUT2D eigenvalue weighted by atomic mass is 16.5. The number of para-hydroxylation sites is 1. The quantitative estimate of drug-likeness (QED) is 0.936. The van der Waals surface area contributed by atoms with Crippen molar-refractivity contribution in [3.8, 4) is 17.1 Å². The van der Waals surface area contributed by atoms with Gasteiger partial charge in [0.1, 0.15) is 5.75 Å². The third-order valence-electron chi connectivity index (χ3n) is 4.37. The molecule has 2 atom stereocenters. The molecule has 1 saturated carbocycles. The standard InChI is InChI=1S/C16H21N3O2/c1-3-20-12-8-5-4-7-11(12)14-18-15(21-19-14)16(2)10-6-9-13(16)17/h4-5,7-8,13H,3,6,9-10,17H2,1-2H3. The summed E-state index contributed by atoms with van der Waals surface area (Å²) >= 11 is 0. The minimum atomic E-state index is -0.216. The zero-order valence-corrected chi connectivity index (χ0v) is 12.5. The monoisotopic (exact) mass is 287 g/mol. The molecule has 0 spiro atoms.